The molecule has 1 aliphatic heterocycles. The lowest BCUT2D eigenvalue weighted by atomic mass is 9.89. The highest BCUT2D eigenvalue weighted by atomic mass is 16.5. The van der Waals surface area contributed by atoms with Crippen LogP contribution in [0.25, 0.3) is 0 Å². The predicted octanol–water partition coefficient (Wildman–Crippen LogP) is 3.16. The summed E-state index contributed by atoms with van der Waals surface area (Å²) < 4.78 is 5.47. The van der Waals surface area contributed by atoms with Crippen LogP contribution in [0.2, 0.25) is 0 Å². The highest BCUT2D eigenvalue weighted by Crippen LogP contribution is 2.28. The Labute approximate surface area is 81.2 Å². The molecule has 1 saturated carbocycles. The lowest BCUT2D eigenvalue weighted by Gasteiger charge is -2.16. The number of hydrogen-bond acceptors (Lipinski definition) is 1. The standard InChI is InChI=1S/C12H20O/c1-10-8-13-9-12(10)7-11-5-3-2-4-6-11/h7,10,12H,2-6,8-9H2,1H3/t10-,12+/m1/s1. The third kappa shape index (κ3) is 2.34. The Hall–Kier alpha value is -0.300. The summed E-state index contributed by atoms with van der Waals surface area (Å²) in [5.74, 6) is 1.46. The van der Waals surface area contributed by atoms with Gasteiger partial charge in [-0.3, -0.25) is 0 Å². The maximum absolute atomic E-state index is 5.47. The molecule has 1 nitrogen and oxygen atoms in total. The summed E-state index contributed by atoms with van der Waals surface area (Å²) in [7, 11) is 0. The van der Waals surface area contributed by atoms with Gasteiger partial charge in [0, 0.05) is 12.5 Å². The molecule has 2 aliphatic rings. The molecule has 1 aliphatic carbocycles. The number of rotatable bonds is 1. The van der Waals surface area contributed by atoms with Gasteiger partial charge in [0.15, 0.2) is 0 Å². The summed E-state index contributed by atoms with van der Waals surface area (Å²) in [5.41, 5.74) is 1.70. The number of allylic oxidation sites excluding steroid dienone is 1. The first kappa shape index (κ1) is 9.26. The van der Waals surface area contributed by atoms with Crippen LogP contribution in [0.4, 0.5) is 0 Å². The number of hydrogen-bond donors (Lipinski definition) is 0. The van der Waals surface area contributed by atoms with Crippen LogP contribution in [0.1, 0.15) is 39.0 Å². The zero-order valence-electron chi connectivity index (χ0n) is 8.59. The molecule has 2 rings (SSSR count). The largest absolute Gasteiger partial charge is 0.381 e. The van der Waals surface area contributed by atoms with Crippen LogP contribution in [-0.4, -0.2) is 13.2 Å². The minimum Gasteiger partial charge on any atom is -0.381 e. The van der Waals surface area contributed by atoms with Gasteiger partial charge in [-0.25, -0.2) is 0 Å². The van der Waals surface area contributed by atoms with Gasteiger partial charge in [-0.15, -0.1) is 0 Å². The third-order valence-electron chi connectivity index (χ3n) is 3.37. The topological polar surface area (TPSA) is 9.23 Å². The zero-order valence-corrected chi connectivity index (χ0v) is 8.59. The first-order valence-electron chi connectivity index (χ1n) is 5.63. The van der Waals surface area contributed by atoms with Crippen molar-refractivity contribution in [2.24, 2.45) is 11.8 Å². The van der Waals surface area contributed by atoms with E-state index in [1.165, 1.54) is 32.1 Å². The van der Waals surface area contributed by atoms with E-state index < -0.39 is 0 Å². The average Bonchev–Trinajstić information content (AvgIpc) is 2.54. The van der Waals surface area contributed by atoms with E-state index in [-0.39, 0.29) is 0 Å². The lowest BCUT2D eigenvalue weighted by Crippen LogP contribution is -2.07. The maximum Gasteiger partial charge on any atom is 0.0532 e. The van der Waals surface area contributed by atoms with E-state index >= 15 is 0 Å². The molecule has 0 unspecified atom stereocenters. The van der Waals surface area contributed by atoms with Crippen molar-refractivity contribution in [3.05, 3.63) is 11.6 Å². The fourth-order valence-electron chi connectivity index (χ4n) is 2.37. The molecule has 1 heterocycles. The van der Waals surface area contributed by atoms with E-state index in [2.05, 4.69) is 13.0 Å². The van der Waals surface area contributed by atoms with Gasteiger partial charge in [0.25, 0.3) is 0 Å². The Morgan fingerprint density at radius 3 is 2.54 bits per heavy atom. The van der Waals surface area contributed by atoms with Crippen LogP contribution >= 0.6 is 0 Å². The van der Waals surface area contributed by atoms with Crippen molar-refractivity contribution in [1.29, 1.82) is 0 Å². The van der Waals surface area contributed by atoms with Gasteiger partial charge in [-0.05, 0) is 31.6 Å². The lowest BCUT2D eigenvalue weighted by molar-refractivity contribution is 0.185. The highest BCUT2D eigenvalue weighted by molar-refractivity contribution is 5.08. The Balaban J connectivity index is 1.93. The zero-order chi connectivity index (χ0) is 9.10. The second kappa shape index (κ2) is 4.28. The van der Waals surface area contributed by atoms with Gasteiger partial charge in [0.2, 0.25) is 0 Å². The third-order valence-corrected chi connectivity index (χ3v) is 3.37. The fourth-order valence-corrected chi connectivity index (χ4v) is 2.37. The van der Waals surface area contributed by atoms with Crippen molar-refractivity contribution in [2.75, 3.05) is 13.2 Å². The van der Waals surface area contributed by atoms with Gasteiger partial charge in [-0.1, -0.05) is 25.0 Å². The highest BCUT2D eigenvalue weighted by Gasteiger charge is 2.22. The second-order valence-corrected chi connectivity index (χ2v) is 4.56. The molecular formula is C12H20O. The van der Waals surface area contributed by atoms with Crippen LogP contribution in [0.3, 0.4) is 0 Å². The van der Waals surface area contributed by atoms with Crippen LogP contribution in [0.5, 0.6) is 0 Å². The van der Waals surface area contributed by atoms with E-state index in [9.17, 15) is 0 Å². The summed E-state index contributed by atoms with van der Waals surface area (Å²) in [6.45, 7) is 4.23. The summed E-state index contributed by atoms with van der Waals surface area (Å²) in [6.07, 6.45) is 9.47. The van der Waals surface area contributed by atoms with E-state index in [4.69, 9.17) is 4.74 Å². The SMILES string of the molecule is C[C@@H]1COC[C@@H]1C=C1CCCCC1. The molecule has 1 saturated heterocycles. The van der Waals surface area contributed by atoms with E-state index in [1.807, 2.05) is 0 Å². The first-order chi connectivity index (χ1) is 6.36. The van der Waals surface area contributed by atoms with Gasteiger partial charge in [0.1, 0.15) is 0 Å². The Kier molecular flexibility index (Phi) is 3.05. The molecule has 2 fully saturated rings. The molecule has 0 aromatic heterocycles. The molecule has 0 bridgehead atoms. The molecule has 0 spiro atoms. The molecule has 0 radical (unpaired) electrons. The summed E-state index contributed by atoms with van der Waals surface area (Å²) >= 11 is 0. The quantitative estimate of drug-likeness (QED) is 0.563. The van der Waals surface area contributed by atoms with Crippen molar-refractivity contribution < 1.29 is 4.74 Å². The van der Waals surface area contributed by atoms with E-state index in [1.54, 1.807) is 5.57 Å². The molecule has 0 aromatic rings. The van der Waals surface area contributed by atoms with Crippen LogP contribution < -0.4 is 0 Å². The smallest absolute Gasteiger partial charge is 0.0532 e. The van der Waals surface area contributed by atoms with E-state index in [0.717, 1.165) is 19.1 Å². The van der Waals surface area contributed by atoms with Gasteiger partial charge in [0.05, 0.1) is 6.61 Å². The van der Waals surface area contributed by atoms with Crippen molar-refractivity contribution in [3.63, 3.8) is 0 Å². The molecular weight excluding hydrogens is 160 g/mol. The van der Waals surface area contributed by atoms with Crippen LogP contribution in [-0.2, 0) is 4.74 Å². The summed E-state index contributed by atoms with van der Waals surface area (Å²) in [5, 5.41) is 0. The van der Waals surface area contributed by atoms with Crippen molar-refractivity contribution in [2.45, 2.75) is 39.0 Å². The van der Waals surface area contributed by atoms with E-state index in [0.29, 0.717) is 5.92 Å². The second-order valence-electron chi connectivity index (χ2n) is 4.56. The average molecular weight is 180 g/mol. The van der Waals surface area contributed by atoms with Gasteiger partial charge >= 0.3 is 0 Å². The first-order valence-corrected chi connectivity index (χ1v) is 5.63. The van der Waals surface area contributed by atoms with Crippen LogP contribution in [0.15, 0.2) is 11.6 Å². The summed E-state index contributed by atoms with van der Waals surface area (Å²) in [6, 6.07) is 0. The molecule has 0 aromatic carbocycles. The fraction of sp³-hybridized carbons (Fsp3) is 0.833. The molecule has 74 valence electrons. The van der Waals surface area contributed by atoms with Crippen molar-refractivity contribution in [1.82, 2.24) is 0 Å². The normalized spacial score (nSPS) is 35.0. The minimum absolute atomic E-state index is 0.716. The molecule has 0 N–H and O–H groups in total. The molecule has 2 atom stereocenters. The maximum atomic E-state index is 5.47. The molecule has 13 heavy (non-hydrogen) atoms. The molecule has 1 heteroatoms. The van der Waals surface area contributed by atoms with Gasteiger partial charge in [-0.2, -0.15) is 0 Å². The predicted molar refractivity (Wildman–Crippen MR) is 54.6 cm³/mol. The van der Waals surface area contributed by atoms with Gasteiger partial charge < -0.3 is 4.74 Å². The van der Waals surface area contributed by atoms with Crippen molar-refractivity contribution in [3.8, 4) is 0 Å². The molecule has 0 amide bonds. The Bertz CT molecular complexity index is 187. The van der Waals surface area contributed by atoms with Crippen LogP contribution in [0, 0.1) is 11.8 Å². The minimum atomic E-state index is 0.716. The Morgan fingerprint density at radius 1 is 1.15 bits per heavy atom. The number of ether oxygens (including phenoxy) is 1. The summed E-state index contributed by atoms with van der Waals surface area (Å²) in [4.78, 5) is 0. The monoisotopic (exact) mass is 180 g/mol. The Morgan fingerprint density at radius 2 is 1.92 bits per heavy atom. The van der Waals surface area contributed by atoms with Crippen molar-refractivity contribution >= 4 is 0 Å².